The first-order valence-electron chi connectivity index (χ1n) is 20.6. The molecule has 2 aromatic rings. The summed E-state index contributed by atoms with van der Waals surface area (Å²) >= 11 is 0. The number of carbonyl (C=O) groups excluding carboxylic acids is 2. The molecule has 2 unspecified atom stereocenters. The zero-order chi connectivity index (χ0) is 37.7. The average molecular weight is 742 g/mol. The molecule has 2 atom stereocenters. The van der Waals surface area contributed by atoms with E-state index in [4.69, 9.17) is 18.5 Å². The minimum atomic E-state index is -2.38. The number of esters is 2. The van der Waals surface area contributed by atoms with E-state index in [1.54, 1.807) is 13.8 Å². The number of hydrogen-bond donors (Lipinski definition) is 0. The summed E-state index contributed by atoms with van der Waals surface area (Å²) < 4.78 is 34.2. The van der Waals surface area contributed by atoms with Gasteiger partial charge in [0.15, 0.2) is 0 Å². The third-order valence-corrected chi connectivity index (χ3v) is 10.6. The Balaban J connectivity index is 1.74. The van der Waals surface area contributed by atoms with E-state index >= 15 is 0 Å². The molecular weight excluding hydrogens is 671 g/mol. The number of carbonyl (C=O) groups is 2. The molecule has 0 spiro atoms. The molecule has 2 aromatic carbocycles. The van der Waals surface area contributed by atoms with Crippen LogP contribution in [0.5, 0.6) is 0 Å². The Bertz CT molecular complexity index is 1120. The van der Waals surface area contributed by atoms with Crippen molar-refractivity contribution in [3.63, 3.8) is 0 Å². The molecule has 2 rings (SSSR count). The Morgan fingerprint density at radius 2 is 0.808 bits per heavy atom. The number of unbranched alkanes of at least 4 members (excludes halogenated alkanes) is 10. The van der Waals surface area contributed by atoms with Crippen molar-refractivity contribution in [1.29, 1.82) is 0 Å². The second-order valence-corrected chi connectivity index (χ2v) is 15.1. The minimum absolute atomic E-state index is 0.117. The summed E-state index contributed by atoms with van der Waals surface area (Å²) in [6.45, 7) is 8.95. The van der Waals surface area contributed by atoms with Gasteiger partial charge < -0.3 is 9.47 Å². The number of aryl methyl sites for hydroxylation is 4. The minimum Gasteiger partial charge on any atom is -0.466 e. The smallest absolute Gasteiger partial charge is 0.466 e. The molecule has 0 bridgehead atoms. The van der Waals surface area contributed by atoms with Gasteiger partial charge >= 0.3 is 20.2 Å². The van der Waals surface area contributed by atoms with Crippen molar-refractivity contribution < 1.29 is 32.7 Å². The molecule has 52 heavy (non-hydrogen) atoms. The second-order valence-electron chi connectivity index (χ2n) is 14.1. The van der Waals surface area contributed by atoms with E-state index in [1.807, 2.05) is 0 Å². The standard InChI is InChI=1S/C44H70O7P/c1-5-9-11-13-15-17-19-37-21-25-39(26-22-37)29-31-41(43(45)48-7-3)33-35-50-52(47)51-36-34-42(44(46)49-8-4)32-30-40-27-23-38(24-28-40)20-18-16-14-12-10-6-2/h21-28,41-42H,5-20,29-36H2,1-4H3/q+1. The highest BCUT2D eigenvalue weighted by molar-refractivity contribution is 7.33. The molecule has 0 aliphatic rings. The monoisotopic (exact) mass is 741 g/mol. The van der Waals surface area contributed by atoms with Crippen LogP contribution in [0.1, 0.15) is 153 Å². The summed E-state index contributed by atoms with van der Waals surface area (Å²) in [7, 11) is -2.38. The molecule has 0 amide bonds. The van der Waals surface area contributed by atoms with Crippen LogP contribution in [0, 0.1) is 11.8 Å². The van der Waals surface area contributed by atoms with Gasteiger partial charge in [-0.25, -0.2) is 0 Å². The Morgan fingerprint density at radius 1 is 0.481 bits per heavy atom. The van der Waals surface area contributed by atoms with Crippen molar-refractivity contribution in [2.24, 2.45) is 11.8 Å². The van der Waals surface area contributed by atoms with Crippen LogP contribution in [0.2, 0.25) is 0 Å². The summed E-state index contributed by atoms with van der Waals surface area (Å²) in [5.41, 5.74) is 5.09. The fourth-order valence-electron chi connectivity index (χ4n) is 6.50. The number of benzene rings is 2. The first kappa shape index (κ1) is 45.6. The number of rotatable bonds is 32. The predicted molar refractivity (Wildman–Crippen MR) is 213 cm³/mol. The first-order chi connectivity index (χ1) is 25.4. The van der Waals surface area contributed by atoms with Gasteiger partial charge in [0.1, 0.15) is 13.2 Å². The Labute approximate surface area is 317 Å². The van der Waals surface area contributed by atoms with Gasteiger partial charge in [-0.3, -0.25) is 9.59 Å². The molecule has 292 valence electrons. The van der Waals surface area contributed by atoms with E-state index in [9.17, 15) is 14.2 Å². The number of hydrogen-bond acceptors (Lipinski definition) is 7. The van der Waals surface area contributed by atoms with Gasteiger partial charge in [0.05, 0.1) is 25.0 Å². The molecule has 0 fully saturated rings. The Hall–Kier alpha value is -2.60. The zero-order valence-electron chi connectivity index (χ0n) is 33.0. The topological polar surface area (TPSA) is 88.1 Å². The fourth-order valence-corrected chi connectivity index (χ4v) is 7.09. The molecular formula is C44H70O7P+. The van der Waals surface area contributed by atoms with Crippen molar-refractivity contribution in [2.75, 3.05) is 26.4 Å². The van der Waals surface area contributed by atoms with Crippen molar-refractivity contribution >= 4 is 20.2 Å². The maximum absolute atomic E-state index is 12.7. The lowest BCUT2D eigenvalue weighted by Gasteiger charge is -2.15. The molecule has 0 aliphatic carbocycles. The summed E-state index contributed by atoms with van der Waals surface area (Å²) in [4.78, 5) is 25.4. The number of ether oxygens (including phenoxy) is 2. The fraction of sp³-hybridized carbons (Fsp3) is 0.682. The van der Waals surface area contributed by atoms with Crippen molar-refractivity contribution in [3.8, 4) is 0 Å². The van der Waals surface area contributed by atoms with E-state index in [1.165, 1.54) is 99.3 Å². The molecule has 0 heterocycles. The van der Waals surface area contributed by atoms with E-state index in [0.29, 0.717) is 38.9 Å². The van der Waals surface area contributed by atoms with Crippen LogP contribution in [0.4, 0.5) is 0 Å². The normalized spacial score (nSPS) is 12.7. The van der Waals surface area contributed by atoms with Crippen molar-refractivity contribution in [1.82, 2.24) is 0 Å². The van der Waals surface area contributed by atoms with Crippen molar-refractivity contribution in [2.45, 2.75) is 156 Å². The summed E-state index contributed by atoms with van der Waals surface area (Å²) in [5.74, 6) is -1.23. The average Bonchev–Trinajstić information content (AvgIpc) is 3.15. The highest BCUT2D eigenvalue weighted by atomic mass is 31.1. The molecule has 0 saturated heterocycles. The van der Waals surface area contributed by atoms with Gasteiger partial charge in [0.25, 0.3) is 0 Å². The summed E-state index contributed by atoms with van der Waals surface area (Å²) in [6, 6.07) is 17.4. The van der Waals surface area contributed by atoms with Gasteiger partial charge in [-0.05, 0) is 100 Å². The van der Waals surface area contributed by atoms with Crippen LogP contribution in [0.25, 0.3) is 0 Å². The second kappa shape index (κ2) is 29.8. The molecule has 0 aromatic heterocycles. The van der Waals surface area contributed by atoms with Crippen LogP contribution >= 0.6 is 8.25 Å². The van der Waals surface area contributed by atoms with Crippen LogP contribution < -0.4 is 0 Å². The molecule has 0 saturated carbocycles. The summed E-state index contributed by atoms with van der Waals surface area (Å²) in [5, 5.41) is 0. The van der Waals surface area contributed by atoms with Gasteiger partial charge in [-0.1, -0.05) is 127 Å². The van der Waals surface area contributed by atoms with Crippen LogP contribution in [-0.2, 0) is 58.4 Å². The van der Waals surface area contributed by atoms with Gasteiger partial charge in [0, 0.05) is 4.57 Å². The lowest BCUT2D eigenvalue weighted by atomic mass is 9.96. The Kier molecular flexibility index (Phi) is 26.1. The lowest BCUT2D eigenvalue weighted by Crippen LogP contribution is -2.20. The zero-order valence-corrected chi connectivity index (χ0v) is 33.9. The third kappa shape index (κ3) is 21.2. The van der Waals surface area contributed by atoms with E-state index in [2.05, 4.69) is 62.4 Å². The van der Waals surface area contributed by atoms with Crippen LogP contribution in [-0.4, -0.2) is 38.4 Å². The van der Waals surface area contributed by atoms with Gasteiger partial charge in [0.2, 0.25) is 0 Å². The van der Waals surface area contributed by atoms with Crippen molar-refractivity contribution in [3.05, 3.63) is 70.8 Å². The Morgan fingerprint density at radius 3 is 1.15 bits per heavy atom. The van der Waals surface area contributed by atoms with E-state index < -0.39 is 8.25 Å². The largest absolute Gasteiger partial charge is 0.697 e. The molecule has 8 heteroatoms. The SMILES string of the molecule is CCCCCCCCc1ccc(CCC(CCO[P+](=O)OCCC(CCc2ccc(CCCCCCCC)cc2)C(=O)OCC)C(=O)OCC)cc1. The highest BCUT2D eigenvalue weighted by Crippen LogP contribution is 2.28. The molecule has 0 aliphatic heterocycles. The van der Waals surface area contributed by atoms with Gasteiger partial charge in [-0.15, -0.1) is 9.05 Å². The summed E-state index contributed by atoms with van der Waals surface area (Å²) in [6.07, 6.45) is 21.3. The molecule has 0 radical (unpaired) electrons. The lowest BCUT2D eigenvalue weighted by molar-refractivity contribution is -0.149. The van der Waals surface area contributed by atoms with Crippen LogP contribution in [0.3, 0.4) is 0 Å². The predicted octanol–water partition coefficient (Wildman–Crippen LogP) is 11.9. The quantitative estimate of drug-likeness (QED) is 0.0419. The molecule has 0 N–H and O–H groups in total. The maximum Gasteiger partial charge on any atom is 0.697 e. The maximum atomic E-state index is 12.7. The van der Waals surface area contributed by atoms with Gasteiger partial charge in [-0.2, -0.15) is 0 Å². The van der Waals surface area contributed by atoms with E-state index in [0.717, 1.165) is 25.7 Å². The van der Waals surface area contributed by atoms with E-state index in [-0.39, 0.29) is 37.0 Å². The molecule has 7 nitrogen and oxygen atoms in total. The third-order valence-electron chi connectivity index (χ3n) is 9.81. The highest BCUT2D eigenvalue weighted by Gasteiger charge is 2.27. The first-order valence-corrected chi connectivity index (χ1v) is 21.7. The van der Waals surface area contributed by atoms with Crippen LogP contribution in [0.15, 0.2) is 48.5 Å².